The van der Waals surface area contributed by atoms with E-state index in [9.17, 15) is 4.79 Å². The van der Waals surface area contributed by atoms with Crippen LogP contribution >= 0.6 is 12.4 Å². The molecule has 0 spiro atoms. The molecule has 16 heavy (non-hydrogen) atoms. The molecule has 0 aromatic heterocycles. The minimum Gasteiger partial charge on any atom is -0.480 e. The Morgan fingerprint density at radius 2 is 1.94 bits per heavy atom. The lowest BCUT2D eigenvalue weighted by atomic mass is 10.1. The van der Waals surface area contributed by atoms with Crippen molar-refractivity contribution in [2.24, 2.45) is 0 Å². The molecule has 1 N–H and O–H groups in total. The van der Waals surface area contributed by atoms with E-state index >= 15 is 0 Å². The molecule has 3 nitrogen and oxygen atoms in total. The molecule has 1 atom stereocenters. The summed E-state index contributed by atoms with van der Waals surface area (Å²) in [5.41, 5.74) is 1.14. The van der Waals surface area contributed by atoms with Crippen molar-refractivity contribution in [2.75, 3.05) is 7.05 Å². The molecule has 0 bridgehead atoms. The number of carbonyl (C=O) groups is 1. The van der Waals surface area contributed by atoms with Crippen molar-refractivity contribution in [1.82, 2.24) is 4.90 Å². The van der Waals surface area contributed by atoms with Crippen molar-refractivity contribution in [2.45, 2.75) is 25.9 Å². The number of aliphatic carboxylic acids is 1. The SMILES string of the molecule is CCC(C(=O)O)N(C)Cc1ccccc1.Cl. The molecule has 0 amide bonds. The third kappa shape index (κ3) is 4.21. The highest BCUT2D eigenvalue weighted by Gasteiger charge is 2.19. The molecule has 1 aromatic rings. The van der Waals surface area contributed by atoms with Crippen LogP contribution in [0.1, 0.15) is 18.9 Å². The molecule has 0 heterocycles. The van der Waals surface area contributed by atoms with Gasteiger partial charge >= 0.3 is 5.97 Å². The number of rotatable bonds is 5. The first-order chi connectivity index (χ1) is 7.15. The second-order valence-electron chi connectivity index (χ2n) is 3.66. The Balaban J connectivity index is 0.00000225. The molecule has 0 aliphatic heterocycles. The summed E-state index contributed by atoms with van der Waals surface area (Å²) in [4.78, 5) is 12.8. The number of hydrogen-bond acceptors (Lipinski definition) is 2. The summed E-state index contributed by atoms with van der Waals surface area (Å²) in [5, 5.41) is 8.98. The number of halogens is 1. The van der Waals surface area contributed by atoms with Crippen LogP contribution in [0.25, 0.3) is 0 Å². The van der Waals surface area contributed by atoms with Crippen molar-refractivity contribution in [3.05, 3.63) is 35.9 Å². The van der Waals surface area contributed by atoms with Gasteiger partial charge < -0.3 is 5.11 Å². The van der Waals surface area contributed by atoms with Crippen LogP contribution in [0.2, 0.25) is 0 Å². The van der Waals surface area contributed by atoms with Crippen molar-refractivity contribution < 1.29 is 9.90 Å². The first kappa shape index (κ1) is 14.9. The molecule has 4 heteroatoms. The summed E-state index contributed by atoms with van der Waals surface area (Å²) < 4.78 is 0. The van der Waals surface area contributed by atoms with E-state index in [1.54, 1.807) is 0 Å². The number of nitrogens with zero attached hydrogens (tertiary/aromatic N) is 1. The van der Waals surface area contributed by atoms with Crippen LogP contribution < -0.4 is 0 Å². The molecule has 0 aliphatic carbocycles. The van der Waals surface area contributed by atoms with Crippen LogP contribution in [-0.4, -0.2) is 29.1 Å². The highest BCUT2D eigenvalue weighted by molar-refractivity contribution is 5.85. The van der Waals surface area contributed by atoms with Crippen molar-refractivity contribution in [1.29, 1.82) is 0 Å². The summed E-state index contributed by atoms with van der Waals surface area (Å²) in [6.07, 6.45) is 0.624. The summed E-state index contributed by atoms with van der Waals surface area (Å²) in [6.45, 7) is 2.56. The Bertz CT molecular complexity index is 316. The predicted octanol–water partition coefficient (Wildman–Crippen LogP) is 2.40. The van der Waals surface area contributed by atoms with Gasteiger partial charge in [-0.3, -0.25) is 9.69 Å². The molecule has 90 valence electrons. The summed E-state index contributed by atoms with van der Waals surface area (Å²) in [6, 6.07) is 9.49. The zero-order valence-electron chi connectivity index (χ0n) is 9.59. The lowest BCUT2D eigenvalue weighted by Gasteiger charge is -2.23. The van der Waals surface area contributed by atoms with Gasteiger partial charge in [0.1, 0.15) is 6.04 Å². The highest BCUT2D eigenvalue weighted by atomic mass is 35.5. The maximum atomic E-state index is 10.9. The average Bonchev–Trinajstić information content (AvgIpc) is 2.19. The van der Waals surface area contributed by atoms with Gasteiger partial charge in [-0.05, 0) is 19.0 Å². The third-order valence-corrected chi connectivity index (χ3v) is 2.48. The van der Waals surface area contributed by atoms with Crippen LogP contribution in [0.3, 0.4) is 0 Å². The van der Waals surface area contributed by atoms with E-state index in [0.29, 0.717) is 13.0 Å². The van der Waals surface area contributed by atoms with E-state index in [0.717, 1.165) is 5.56 Å². The zero-order chi connectivity index (χ0) is 11.3. The second-order valence-corrected chi connectivity index (χ2v) is 3.66. The van der Waals surface area contributed by atoms with Gasteiger partial charge in [0.2, 0.25) is 0 Å². The van der Waals surface area contributed by atoms with Crippen LogP contribution in [0, 0.1) is 0 Å². The Morgan fingerprint density at radius 3 is 2.38 bits per heavy atom. The monoisotopic (exact) mass is 243 g/mol. The van der Waals surface area contributed by atoms with Gasteiger partial charge in [-0.15, -0.1) is 12.4 Å². The van der Waals surface area contributed by atoms with Gasteiger partial charge in [0.25, 0.3) is 0 Å². The number of benzene rings is 1. The maximum absolute atomic E-state index is 10.9. The van der Waals surface area contributed by atoms with Crippen molar-refractivity contribution in [3.63, 3.8) is 0 Å². The van der Waals surface area contributed by atoms with Crippen LogP contribution in [0.5, 0.6) is 0 Å². The lowest BCUT2D eigenvalue weighted by Crippen LogP contribution is -2.37. The average molecular weight is 244 g/mol. The van der Waals surface area contributed by atoms with Crippen molar-refractivity contribution >= 4 is 18.4 Å². The topological polar surface area (TPSA) is 40.5 Å². The molecule has 0 fully saturated rings. The molecule has 1 rings (SSSR count). The first-order valence-electron chi connectivity index (χ1n) is 5.12. The Labute approximate surface area is 102 Å². The van der Waals surface area contributed by atoms with Gasteiger partial charge in [0, 0.05) is 6.54 Å². The molecular weight excluding hydrogens is 226 g/mol. The van der Waals surface area contributed by atoms with Gasteiger partial charge in [0.05, 0.1) is 0 Å². The predicted molar refractivity (Wildman–Crippen MR) is 66.9 cm³/mol. The van der Waals surface area contributed by atoms with Gasteiger partial charge in [-0.25, -0.2) is 0 Å². The molecule has 1 aromatic carbocycles. The molecule has 1 unspecified atom stereocenters. The Morgan fingerprint density at radius 1 is 1.38 bits per heavy atom. The first-order valence-corrected chi connectivity index (χ1v) is 5.12. The van der Waals surface area contributed by atoms with E-state index < -0.39 is 12.0 Å². The van der Waals surface area contributed by atoms with Crippen LogP contribution in [0.4, 0.5) is 0 Å². The molecular formula is C12H18ClNO2. The fraction of sp³-hybridized carbons (Fsp3) is 0.417. The zero-order valence-corrected chi connectivity index (χ0v) is 10.4. The quantitative estimate of drug-likeness (QED) is 0.864. The van der Waals surface area contributed by atoms with Gasteiger partial charge in [-0.2, -0.15) is 0 Å². The lowest BCUT2D eigenvalue weighted by molar-refractivity contribution is -0.143. The number of carboxylic acids is 1. The smallest absolute Gasteiger partial charge is 0.320 e. The standard InChI is InChI=1S/C12H17NO2.ClH/c1-3-11(12(14)15)13(2)9-10-7-5-4-6-8-10;/h4-8,11H,3,9H2,1-2H3,(H,14,15);1H. The molecule has 0 saturated carbocycles. The van der Waals surface area contributed by atoms with Gasteiger partial charge in [-0.1, -0.05) is 37.3 Å². The maximum Gasteiger partial charge on any atom is 0.320 e. The molecule has 0 saturated heterocycles. The number of hydrogen-bond donors (Lipinski definition) is 1. The summed E-state index contributed by atoms with van der Waals surface area (Å²) in [7, 11) is 1.84. The molecule has 0 aliphatic rings. The van der Waals surface area contributed by atoms with Gasteiger partial charge in [0.15, 0.2) is 0 Å². The minimum atomic E-state index is -0.754. The van der Waals surface area contributed by atoms with E-state index in [2.05, 4.69) is 0 Å². The number of likely N-dealkylation sites (N-methyl/N-ethyl adjacent to an activating group) is 1. The molecule has 0 radical (unpaired) electrons. The van der Waals surface area contributed by atoms with Crippen LogP contribution in [-0.2, 0) is 11.3 Å². The fourth-order valence-corrected chi connectivity index (χ4v) is 1.66. The fourth-order valence-electron chi connectivity index (χ4n) is 1.66. The van der Waals surface area contributed by atoms with Crippen molar-refractivity contribution in [3.8, 4) is 0 Å². The summed E-state index contributed by atoms with van der Waals surface area (Å²) in [5.74, 6) is -0.754. The highest BCUT2D eigenvalue weighted by Crippen LogP contribution is 2.08. The number of carboxylic acid groups (broad SMARTS) is 1. The van der Waals surface area contributed by atoms with Crippen LogP contribution in [0.15, 0.2) is 30.3 Å². The normalized spacial score (nSPS) is 11.9. The van der Waals surface area contributed by atoms with E-state index in [-0.39, 0.29) is 12.4 Å². The van der Waals surface area contributed by atoms with E-state index in [4.69, 9.17) is 5.11 Å². The third-order valence-electron chi connectivity index (χ3n) is 2.48. The van der Waals surface area contributed by atoms with E-state index in [1.807, 2.05) is 49.2 Å². The largest absolute Gasteiger partial charge is 0.480 e. The minimum absolute atomic E-state index is 0. The summed E-state index contributed by atoms with van der Waals surface area (Å²) >= 11 is 0. The Kier molecular flexibility index (Phi) is 6.77. The second kappa shape index (κ2) is 7.25. The Hall–Kier alpha value is -1.06. The van der Waals surface area contributed by atoms with E-state index in [1.165, 1.54) is 0 Å².